The van der Waals surface area contributed by atoms with Crippen molar-refractivity contribution in [2.24, 2.45) is 0 Å². The van der Waals surface area contributed by atoms with Crippen LogP contribution in [0.15, 0.2) is 42.5 Å². The van der Waals surface area contributed by atoms with Crippen LogP contribution in [0.25, 0.3) is 10.8 Å². The average molecular weight is 350 g/mol. The lowest BCUT2D eigenvalue weighted by Gasteiger charge is -2.22. The summed E-state index contributed by atoms with van der Waals surface area (Å²) in [6.07, 6.45) is 0.532. The van der Waals surface area contributed by atoms with Gasteiger partial charge in [0, 0.05) is 17.5 Å². The van der Waals surface area contributed by atoms with Crippen LogP contribution in [-0.2, 0) is 6.42 Å². The van der Waals surface area contributed by atoms with Gasteiger partial charge in [0.05, 0.1) is 18.2 Å². The molecule has 3 aromatic carbocycles. The topological polar surface area (TPSA) is 93.1 Å². The van der Waals surface area contributed by atoms with Crippen molar-refractivity contribution in [2.75, 3.05) is 7.11 Å². The minimum atomic E-state index is -1.27. The predicted octanol–water partition coefficient (Wildman–Crippen LogP) is 3.94. The summed E-state index contributed by atoms with van der Waals surface area (Å²) in [4.78, 5) is 23.1. The summed E-state index contributed by atoms with van der Waals surface area (Å²) in [6.45, 7) is 0. The quantitative estimate of drug-likeness (QED) is 0.581. The molecule has 6 heteroatoms. The van der Waals surface area contributed by atoms with E-state index in [9.17, 15) is 19.8 Å². The lowest BCUT2D eigenvalue weighted by molar-refractivity contribution is 0.0653. The lowest BCUT2D eigenvalue weighted by atomic mass is 9.91. The Labute approximate surface area is 148 Å². The SMILES string of the molecule is COc1ccc2c(c1)Cc1c(ccc3c(C(=O)O)c(C(=O)O)ccc13)O2. The molecule has 3 aromatic rings. The molecule has 0 aliphatic carbocycles. The number of carbonyl (C=O) groups is 2. The Hall–Kier alpha value is -3.54. The lowest BCUT2D eigenvalue weighted by Crippen LogP contribution is -2.10. The van der Waals surface area contributed by atoms with Crippen molar-refractivity contribution in [1.82, 2.24) is 0 Å². The molecule has 1 heterocycles. The second kappa shape index (κ2) is 5.77. The van der Waals surface area contributed by atoms with Crippen molar-refractivity contribution in [3.63, 3.8) is 0 Å². The molecule has 4 rings (SSSR count). The molecule has 0 amide bonds. The number of hydrogen-bond donors (Lipinski definition) is 2. The van der Waals surface area contributed by atoms with Gasteiger partial charge in [0.15, 0.2) is 0 Å². The first-order chi connectivity index (χ1) is 12.5. The number of benzene rings is 3. The first kappa shape index (κ1) is 16.0. The van der Waals surface area contributed by atoms with E-state index in [1.54, 1.807) is 25.3 Å². The van der Waals surface area contributed by atoms with Crippen LogP contribution in [0.5, 0.6) is 17.2 Å². The minimum absolute atomic E-state index is 0.214. The van der Waals surface area contributed by atoms with Gasteiger partial charge in [0.25, 0.3) is 0 Å². The highest BCUT2D eigenvalue weighted by molar-refractivity contribution is 6.12. The maximum atomic E-state index is 11.7. The second-order valence-electron chi connectivity index (χ2n) is 5.99. The molecule has 0 bridgehead atoms. The monoisotopic (exact) mass is 350 g/mol. The van der Waals surface area contributed by atoms with Crippen LogP contribution >= 0.6 is 0 Å². The Bertz CT molecular complexity index is 1080. The summed E-state index contributed by atoms with van der Waals surface area (Å²) < 4.78 is 11.2. The van der Waals surface area contributed by atoms with Crippen molar-refractivity contribution in [3.8, 4) is 17.2 Å². The van der Waals surface area contributed by atoms with Gasteiger partial charge in [-0.05, 0) is 47.2 Å². The van der Waals surface area contributed by atoms with Crippen molar-refractivity contribution in [3.05, 3.63) is 64.7 Å². The van der Waals surface area contributed by atoms with Crippen LogP contribution in [0.3, 0.4) is 0 Å². The minimum Gasteiger partial charge on any atom is -0.497 e. The zero-order valence-electron chi connectivity index (χ0n) is 13.8. The molecule has 2 N–H and O–H groups in total. The van der Waals surface area contributed by atoms with Crippen LogP contribution < -0.4 is 9.47 Å². The van der Waals surface area contributed by atoms with Crippen LogP contribution in [0.2, 0.25) is 0 Å². The number of carboxylic acid groups (broad SMARTS) is 2. The number of rotatable bonds is 3. The second-order valence-corrected chi connectivity index (χ2v) is 5.99. The number of fused-ring (bicyclic) bond motifs is 4. The summed E-state index contributed by atoms with van der Waals surface area (Å²) in [7, 11) is 1.58. The third-order valence-electron chi connectivity index (χ3n) is 4.57. The van der Waals surface area contributed by atoms with Gasteiger partial charge in [-0.15, -0.1) is 0 Å². The Balaban J connectivity index is 1.95. The standard InChI is InChI=1S/C20H14O6/c1-25-11-2-6-16-10(8-11)9-15-12-3-4-14(19(21)22)18(20(23)24)13(12)5-7-17(15)26-16/h2-8H,9H2,1H3,(H,21,22)(H,23,24). The van der Waals surface area contributed by atoms with Crippen LogP contribution in [-0.4, -0.2) is 29.3 Å². The van der Waals surface area contributed by atoms with Crippen molar-refractivity contribution >= 4 is 22.7 Å². The number of methoxy groups -OCH3 is 1. The summed E-state index contributed by atoms with van der Waals surface area (Å²) in [6, 6.07) is 11.8. The Morgan fingerprint density at radius 3 is 2.38 bits per heavy atom. The highest BCUT2D eigenvalue weighted by atomic mass is 16.5. The van der Waals surface area contributed by atoms with Crippen molar-refractivity contribution in [2.45, 2.75) is 6.42 Å². The molecule has 0 saturated carbocycles. The van der Waals surface area contributed by atoms with E-state index in [1.807, 2.05) is 18.2 Å². The normalized spacial score (nSPS) is 12.0. The van der Waals surface area contributed by atoms with Crippen molar-refractivity contribution in [1.29, 1.82) is 0 Å². The van der Waals surface area contributed by atoms with Crippen LogP contribution in [0, 0.1) is 0 Å². The van der Waals surface area contributed by atoms with Gasteiger partial charge < -0.3 is 19.7 Å². The van der Waals surface area contributed by atoms with Gasteiger partial charge in [0.1, 0.15) is 17.2 Å². The molecular weight excluding hydrogens is 336 g/mol. The molecule has 1 aliphatic heterocycles. The highest BCUT2D eigenvalue weighted by Gasteiger charge is 2.24. The summed E-state index contributed by atoms with van der Waals surface area (Å²) in [5.41, 5.74) is 1.30. The Morgan fingerprint density at radius 2 is 1.69 bits per heavy atom. The molecule has 1 aliphatic rings. The van der Waals surface area contributed by atoms with E-state index in [1.165, 1.54) is 6.07 Å². The largest absolute Gasteiger partial charge is 0.497 e. The molecule has 6 nitrogen and oxygen atoms in total. The van der Waals surface area contributed by atoms with Gasteiger partial charge in [0.2, 0.25) is 0 Å². The summed E-state index contributed by atoms with van der Waals surface area (Å²) >= 11 is 0. The molecule has 0 spiro atoms. The molecular formula is C20H14O6. The molecule has 0 unspecified atom stereocenters. The first-order valence-electron chi connectivity index (χ1n) is 7.89. The average Bonchev–Trinajstić information content (AvgIpc) is 2.64. The smallest absolute Gasteiger partial charge is 0.337 e. The zero-order chi connectivity index (χ0) is 18.4. The fourth-order valence-corrected chi connectivity index (χ4v) is 3.36. The highest BCUT2D eigenvalue weighted by Crippen LogP contribution is 2.42. The molecule has 0 radical (unpaired) electrons. The predicted molar refractivity (Wildman–Crippen MR) is 93.7 cm³/mol. The fraction of sp³-hybridized carbons (Fsp3) is 0.100. The summed E-state index contributed by atoms with van der Waals surface area (Å²) in [5.74, 6) is -0.483. The summed E-state index contributed by atoms with van der Waals surface area (Å²) in [5, 5.41) is 19.9. The number of carboxylic acids is 2. The molecule has 0 aromatic heterocycles. The van der Waals surface area contributed by atoms with Crippen LogP contribution in [0.1, 0.15) is 31.8 Å². The number of ether oxygens (including phenoxy) is 2. The van der Waals surface area contributed by atoms with E-state index in [4.69, 9.17) is 9.47 Å². The number of aromatic carboxylic acids is 2. The molecule has 26 heavy (non-hydrogen) atoms. The van der Waals surface area contributed by atoms with Gasteiger partial charge in [-0.2, -0.15) is 0 Å². The van der Waals surface area contributed by atoms with E-state index < -0.39 is 11.9 Å². The van der Waals surface area contributed by atoms with Crippen LogP contribution in [0.4, 0.5) is 0 Å². The van der Waals surface area contributed by atoms with E-state index >= 15 is 0 Å². The van der Waals surface area contributed by atoms with Gasteiger partial charge >= 0.3 is 11.9 Å². The first-order valence-corrected chi connectivity index (χ1v) is 7.89. The fourth-order valence-electron chi connectivity index (χ4n) is 3.36. The zero-order valence-corrected chi connectivity index (χ0v) is 13.8. The van der Waals surface area contributed by atoms with E-state index in [0.29, 0.717) is 28.7 Å². The van der Waals surface area contributed by atoms with Gasteiger partial charge in [-0.25, -0.2) is 9.59 Å². The third-order valence-corrected chi connectivity index (χ3v) is 4.57. The molecule has 0 atom stereocenters. The van der Waals surface area contributed by atoms with E-state index in [0.717, 1.165) is 16.9 Å². The maximum Gasteiger partial charge on any atom is 0.337 e. The van der Waals surface area contributed by atoms with Gasteiger partial charge in [-0.3, -0.25) is 0 Å². The molecule has 130 valence electrons. The molecule has 0 fully saturated rings. The van der Waals surface area contributed by atoms with Gasteiger partial charge in [-0.1, -0.05) is 6.07 Å². The Kier molecular flexibility index (Phi) is 3.54. The molecule has 0 saturated heterocycles. The third kappa shape index (κ3) is 2.35. The van der Waals surface area contributed by atoms with Crippen molar-refractivity contribution < 1.29 is 29.3 Å². The number of hydrogen-bond acceptors (Lipinski definition) is 4. The van der Waals surface area contributed by atoms with E-state index in [-0.39, 0.29) is 11.1 Å². The van der Waals surface area contributed by atoms with E-state index in [2.05, 4.69) is 0 Å². The Morgan fingerprint density at radius 1 is 0.962 bits per heavy atom. The maximum absolute atomic E-state index is 11.7.